The fourth-order valence-corrected chi connectivity index (χ4v) is 3.60. The first-order valence-corrected chi connectivity index (χ1v) is 10.2. The van der Waals surface area contributed by atoms with Crippen molar-refractivity contribution < 1.29 is 8.42 Å². The maximum Gasteiger partial charge on any atom is 0.207 e. The summed E-state index contributed by atoms with van der Waals surface area (Å²) in [6.45, 7) is 2.82. The summed E-state index contributed by atoms with van der Waals surface area (Å²) in [5, 5.41) is 16.2. The van der Waals surface area contributed by atoms with E-state index in [1.165, 1.54) is 19.3 Å². The Bertz CT molecular complexity index is 773. The normalized spacial score (nSPS) is 15.6. The third-order valence-electron chi connectivity index (χ3n) is 4.58. The summed E-state index contributed by atoms with van der Waals surface area (Å²) in [5.74, 6) is 0.466. The number of hydrogen-bond donors (Lipinski definition) is 2. The molecule has 1 aromatic carbocycles. The summed E-state index contributed by atoms with van der Waals surface area (Å²) in [4.78, 5) is 1.84. The fraction of sp³-hybridized carbons (Fsp3) is 0.588. The maximum absolute atomic E-state index is 11.4. The van der Waals surface area contributed by atoms with Crippen molar-refractivity contribution in [2.75, 3.05) is 5.32 Å². The Morgan fingerprint density at radius 3 is 2.76 bits per heavy atom. The van der Waals surface area contributed by atoms with Crippen molar-refractivity contribution in [1.82, 2.24) is 20.2 Å². The molecule has 0 unspecified atom stereocenters. The molecule has 1 aliphatic rings. The number of tetrazole rings is 1. The lowest BCUT2D eigenvalue weighted by molar-refractivity contribution is 0.463. The Morgan fingerprint density at radius 2 is 2.04 bits per heavy atom. The molecule has 0 saturated heterocycles. The predicted octanol–water partition coefficient (Wildman–Crippen LogP) is 2.86. The van der Waals surface area contributed by atoms with Gasteiger partial charge in [-0.15, -0.1) is 10.2 Å². The van der Waals surface area contributed by atoms with Gasteiger partial charge in [-0.25, -0.2) is 8.42 Å². The maximum atomic E-state index is 11.4. The second-order valence-corrected chi connectivity index (χ2v) is 7.56. The zero-order chi connectivity index (χ0) is 17.6. The van der Waals surface area contributed by atoms with Gasteiger partial charge in [-0.2, -0.15) is 4.80 Å². The predicted molar refractivity (Wildman–Crippen MR) is 97.2 cm³/mol. The van der Waals surface area contributed by atoms with Crippen LogP contribution >= 0.6 is 0 Å². The number of rotatable bonds is 7. The topological polar surface area (TPSA) is 89.8 Å². The summed E-state index contributed by atoms with van der Waals surface area (Å²) < 4.78 is 22.8. The second kappa shape index (κ2) is 8.42. The molecule has 3 rings (SSSR count). The first kappa shape index (κ1) is 17.8. The van der Waals surface area contributed by atoms with Crippen LogP contribution in [0.2, 0.25) is 0 Å². The number of thiol groups is 1. The Balaban J connectivity index is 1.90. The van der Waals surface area contributed by atoms with E-state index in [2.05, 4.69) is 27.7 Å². The average Bonchev–Trinajstić information content (AvgIpc) is 3.09. The molecule has 1 fully saturated rings. The van der Waals surface area contributed by atoms with Crippen LogP contribution in [0.4, 0.5) is 5.69 Å². The summed E-state index contributed by atoms with van der Waals surface area (Å²) >= 11 is 0. The van der Waals surface area contributed by atoms with E-state index in [9.17, 15) is 8.42 Å². The molecular formula is C17H25N5O2S. The van der Waals surface area contributed by atoms with E-state index >= 15 is 0 Å². The van der Waals surface area contributed by atoms with Gasteiger partial charge in [0.05, 0.1) is 11.4 Å². The number of aromatic nitrogens is 4. The monoisotopic (exact) mass is 363 g/mol. The highest BCUT2D eigenvalue weighted by molar-refractivity contribution is 7.72. The van der Waals surface area contributed by atoms with E-state index in [-0.39, 0.29) is 4.90 Å². The van der Waals surface area contributed by atoms with Crippen LogP contribution in [0.5, 0.6) is 0 Å². The fourth-order valence-electron chi connectivity index (χ4n) is 3.17. The van der Waals surface area contributed by atoms with E-state index in [1.807, 2.05) is 6.07 Å². The highest BCUT2D eigenvalue weighted by Gasteiger charge is 2.18. The average molecular weight is 363 g/mol. The van der Waals surface area contributed by atoms with Gasteiger partial charge in [0, 0.05) is 17.3 Å². The molecule has 1 saturated carbocycles. The quantitative estimate of drug-likeness (QED) is 0.735. The van der Waals surface area contributed by atoms with E-state index in [4.69, 9.17) is 0 Å². The van der Waals surface area contributed by atoms with Gasteiger partial charge in [-0.05, 0) is 42.7 Å². The SMILES string of the molecule is CCCCn1nnc(-c2cc([SH](=O)=O)ccc2NC2CCCCC2)n1. The molecule has 1 aliphatic carbocycles. The van der Waals surface area contributed by atoms with Crippen LogP contribution in [0, 0.1) is 0 Å². The van der Waals surface area contributed by atoms with E-state index < -0.39 is 10.7 Å². The van der Waals surface area contributed by atoms with Gasteiger partial charge < -0.3 is 5.32 Å². The Labute approximate surface area is 149 Å². The third kappa shape index (κ3) is 4.56. The summed E-state index contributed by atoms with van der Waals surface area (Å²) in [7, 11) is -2.65. The molecule has 0 bridgehead atoms. The number of benzene rings is 1. The molecule has 2 aromatic rings. The number of nitrogens with one attached hydrogen (secondary N) is 1. The van der Waals surface area contributed by atoms with Crippen LogP contribution in [-0.2, 0) is 17.2 Å². The van der Waals surface area contributed by atoms with Gasteiger partial charge in [0.15, 0.2) is 10.7 Å². The van der Waals surface area contributed by atoms with Crippen LogP contribution in [0.15, 0.2) is 23.1 Å². The molecule has 136 valence electrons. The van der Waals surface area contributed by atoms with Crippen molar-refractivity contribution in [3.63, 3.8) is 0 Å². The van der Waals surface area contributed by atoms with Gasteiger partial charge in [0.2, 0.25) is 5.82 Å². The van der Waals surface area contributed by atoms with E-state index in [1.54, 1.807) is 16.9 Å². The van der Waals surface area contributed by atoms with Crippen molar-refractivity contribution in [1.29, 1.82) is 0 Å². The molecule has 1 aromatic heterocycles. The number of aryl methyl sites for hydroxylation is 1. The van der Waals surface area contributed by atoms with Crippen molar-refractivity contribution in [3.8, 4) is 11.4 Å². The molecule has 1 N–H and O–H groups in total. The second-order valence-electron chi connectivity index (χ2n) is 6.53. The zero-order valence-electron chi connectivity index (χ0n) is 14.5. The van der Waals surface area contributed by atoms with Crippen molar-refractivity contribution in [2.24, 2.45) is 0 Å². The number of hydrogen-bond acceptors (Lipinski definition) is 6. The molecular weight excluding hydrogens is 338 g/mol. The first-order chi connectivity index (χ1) is 12.2. The summed E-state index contributed by atoms with van der Waals surface area (Å²) in [5.41, 5.74) is 1.58. The standard InChI is InChI=1S/C17H25N5O2S/c1-2-3-11-22-20-17(19-21-22)15-12-14(25(23)24)9-10-16(15)18-13-7-5-4-6-8-13/h9-10,12-13,18,25H,2-8,11H2,1H3. The molecule has 0 atom stereocenters. The number of nitrogens with zero attached hydrogens (tertiary/aromatic N) is 4. The van der Waals surface area contributed by atoms with Crippen molar-refractivity contribution in [2.45, 2.75) is 69.4 Å². The largest absolute Gasteiger partial charge is 0.382 e. The highest BCUT2D eigenvalue weighted by Crippen LogP contribution is 2.30. The molecule has 0 spiro atoms. The minimum atomic E-state index is -2.65. The smallest absolute Gasteiger partial charge is 0.207 e. The van der Waals surface area contributed by atoms with Crippen LogP contribution in [0.3, 0.4) is 0 Å². The Kier molecular flexibility index (Phi) is 6.01. The van der Waals surface area contributed by atoms with E-state index in [0.717, 1.165) is 31.4 Å². The summed E-state index contributed by atoms with van der Waals surface area (Å²) in [6, 6.07) is 5.49. The molecule has 1 heterocycles. The minimum absolute atomic E-state index is 0.268. The molecule has 0 aliphatic heterocycles. The van der Waals surface area contributed by atoms with Gasteiger partial charge in [-0.1, -0.05) is 32.6 Å². The lowest BCUT2D eigenvalue weighted by atomic mass is 9.95. The van der Waals surface area contributed by atoms with Gasteiger partial charge in [-0.3, -0.25) is 0 Å². The van der Waals surface area contributed by atoms with Crippen LogP contribution in [0.25, 0.3) is 11.4 Å². The van der Waals surface area contributed by atoms with Gasteiger partial charge in [0.1, 0.15) is 0 Å². The molecule has 8 heteroatoms. The van der Waals surface area contributed by atoms with Crippen LogP contribution in [0.1, 0.15) is 51.9 Å². The lowest BCUT2D eigenvalue weighted by Gasteiger charge is -2.24. The number of anilines is 1. The van der Waals surface area contributed by atoms with Crippen LogP contribution < -0.4 is 5.32 Å². The summed E-state index contributed by atoms with van der Waals surface area (Å²) in [6.07, 6.45) is 8.04. The van der Waals surface area contributed by atoms with E-state index in [0.29, 0.717) is 24.0 Å². The first-order valence-electron chi connectivity index (χ1n) is 9.00. The van der Waals surface area contributed by atoms with Gasteiger partial charge >= 0.3 is 0 Å². The Morgan fingerprint density at radius 1 is 1.24 bits per heavy atom. The van der Waals surface area contributed by atoms with Crippen LogP contribution in [-0.4, -0.2) is 34.7 Å². The van der Waals surface area contributed by atoms with Crippen molar-refractivity contribution >= 4 is 16.4 Å². The molecule has 0 amide bonds. The molecule has 7 nitrogen and oxygen atoms in total. The minimum Gasteiger partial charge on any atom is -0.382 e. The third-order valence-corrected chi connectivity index (χ3v) is 5.28. The molecule has 0 radical (unpaired) electrons. The lowest BCUT2D eigenvalue weighted by Crippen LogP contribution is -2.22. The number of unbranched alkanes of at least 4 members (excludes halogenated alkanes) is 1. The molecule has 25 heavy (non-hydrogen) atoms. The van der Waals surface area contributed by atoms with Gasteiger partial charge in [0.25, 0.3) is 0 Å². The van der Waals surface area contributed by atoms with Crippen molar-refractivity contribution in [3.05, 3.63) is 18.2 Å². The Hall–Kier alpha value is -1.96. The zero-order valence-corrected chi connectivity index (χ0v) is 15.4. The highest BCUT2D eigenvalue weighted by atomic mass is 32.2.